The van der Waals surface area contributed by atoms with Gasteiger partial charge in [-0.05, 0) is 44.0 Å². The summed E-state index contributed by atoms with van der Waals surface area (Å²) in [6.45, 7) is 5.01. The van der Waals surface area contributed by atoms with E-state index in [0.29, 0.717) is 19.0 Å². The summed E-state index contributed by atoms with van der Waals surface area (Å²) in [6, 6.07) is 2.90. The van der Waals surface area contributed by atoms with Gasteiger partial charge in [0.15, 0.2) is 0 Å². The van der Waals surface area contributed by atoms with E-state index < -0.39 is 5.51 Å². The number of alkyl halides is 3. The molecule has 0 aromatic carbocycles. The maximum absolute atomic E-state index is 12.6. The Hall–Kier alpha value is -1.28. The van der Waals surface area contributed by atoms with Gasteiger partial charge in [0, 0.05) is 31.0 Å². The number of amides is 1. The number of hydrogen-bond acceptors (Lipinski definition) is 4. The quantitative estimate of drug-likeness (QED) is 0.831. The SMILES string of the molecule is CCNCC1CCN(C(=O)c2cccnc2SC(F)(F)F)CC1. The lowest BCUT2D eigenvalue weighted by Gasteiger charge is -2.32. The molecule has 4 nitrogen and oxygen atoms in total. The number of carbonyl (C=O) groups excluding carboxylic acids is 1. The normalized spacial score (nSPS) is 16.6. The van der Waals surface area contributed by atoms with Crippen molar-refractivity contribution in [3.63, 3.8) is 0 Å². The maximum atomic E-state index is 12.6. The maximum Gasteiger partial charge on any atom is 0.447 e. The molecule has 1 aliphatic rings. The molecule has 1 aromatic rings. The first-order valence-corrected chi connectivity index (χ1v) is 8.43. The number of rotatable bonds is 5. The zero-order chi connectivity index (χ0) is 16.9. The lowest BCUT2D eigenvalue weighted by molar-refractivity contribution is -0.0329. The van der Waals surface area contributed by atoms with Crippen molar-refractivity contribution in [3.8, 4) is 0 Å². The van der Waals surface area contributed by atoms with Crippen LogP contribution in [0.5, 0.6) is 0 Å². The zero-order valence-corrected chi connectivity index (χ0v) is 13.7. The van der Waals surface area contributed by atoms with Gasteiger partial charge in [0.2, 0.25) is 0 Å². The van der Waals surface area contributed by atoms with Crippen LogP contribution < -0.4 is 5.32 Å². The van der Waals surface area contributed by atoms with Crippen molar-refractivity contribution < 1.29 is 18.0 Å². The number of thioether (sulfide) groups is 1. The Labute approximate surface area is 137 Å². The largest absolute Gasteiger partial charge is 0.447 e. The third kappa shape index (κ3) is 5.39. The molecule has 0 radical (unpaired) electrons. The van der Waals surface area contributed by atoms with Gasteiger partial charge in [0.05, 0.1) is 5.56 Å². The molecule has 0 bridgehead atoms. The molecule has 128 valence electrons. The van der Waals surface area contributed by atoms with Crippen molar-refractivity contribution in [1.82, 2.24) is 15.2 Å². The van der Waals surface area contributed by atoms with Gasteiger partial charge in [0.25, 0.3) is 5.91 Å². The van der Waals surface area contributed by atoms with Crippen molar-refractivity contribution in [2.45, 2.75) is 30.3 Å². The molecule has 8 heteroatoms. The fraction of sp³-hybridized carbons (Fsp3) is 0.600. The van der Waals surface area contributed by atoms with Gasteiger partial charge in [-0.3, -0.25) is 4.79 Å². The standard InChI is InChI=1S/C15H20F3N3OS/c1-2-19-10-11-5-8-21(9-6-11)14(22)12-4-3-7-20-13(12)23-15(16,17)18/h3-4,7,11,19H,2,5-6,8-10H2,1H3. The van der Waals surface area contributed by atoms with Gasteiger partial charge in [0.1, 0.15) is 5.03 Å². The molecule has 0 unspecified atom stereocenters. The number of pyridine rings is 1. The van der Waals surface area contributed by atoms with E-state index in [4.69, 9.17) is 0 Å². The Morgan fingerprint density at radius 1 is 1.43 bits per heavy atom. The summed E-state index contributed by atoms with van der Waals surface area (Å²) in [5.74, 6) is 0.142. The molecule has 2 heterocycles. The second-order valence-corrected chi connectivity index (χ2v) is 6.50. The number of piperidine rings is 1. The van der Waals surface area contributed by atoms with Crippen LogP contribution in [0, 0.1) is 5.92 Å². The Balaban J connectivity index is 2.02. The van der Waals surface area contributed by atoms with E-state index in [-0.39, 0.29) is 28.3 Å². The second-order valence-electron chi connectivity index (χ2n) is 5.45. The summed E-state index contributed by atoms with van der Waals surface area (Å²) < 4.78 is 37.8. The van der Waals surface area contributed by atoms with Crippen LogP contribution >= 0.6 is 11.8 Å². The van der Waals surface area contributed by atoms with Crippen molar-refractivity contribution in [2.24, 2.45) is 5.92 Å². The summed E-state index contributed by atoms with van der Waals surface area (Å²) in [7, 11) is 0. The minimum atomic E-state index is -4.46. The van der Waals surface area contributed by atoms with Gasteiger partial charge < -0.3 is 10.2 Å². The molecular weight excluding hydrogens is 327 g/mol. The van der Waals surface area contributed by atoms with Gasteiger partial charge in [-0.15, -0.1) is 0 Å². The topological polar surface area (TPSA) is 45.2 Å². The summed E-state index contributed by atoms with van der Waals surface area (Å²) in [5, 5.41) is 3.01. The van der Waals surface area contributed by atoms with Crippen LogP contribution in [0.15, 0.2) is 23.4 Å². The van der Waals surface area contributed by atoms with Gasteiger partial charge in [-0.25, -0.2) is 4.98 Å². The predicted octanol–water partition coefficient (Wildman–Crippen LogP) is 3.16. The lowest BCUT2D eigenvalue weighted by Crippen LogP contribution is -2.41. The average molecular weight is 347 g/mol. The number of likely N-dealkylation sites (tertiary alicyclic amines) is 1. The molecule has 0 atom stereocenters. The van der Waals surface area contributed by atoms with E-state index in [2.05, 4.69) is 10.3 Å². The first-order valence-electron chi connectivity index (χ1n) is 7.61. The van der Waals surface area contributed by atoms with Crippen LogP contribution in [0.2, 0.25) is 0 Å². The minimum Gasteiger partial charge on any atom is -0.339 e. The van der Waals surface area contributed by atoms with E-state index in [0.717, 1.165) is 25.9 Å². The molecule has 1 N–H and O–H groups in total. The fourth-order valence-electron chi connectivity index (χ4n) is 2.60. The van der Waals surface area contributed by atoms with Crippen LogP contribution in [-0.4, -0.2) is 47.5 Å². The molecule has 0 spiro atoms. The first-order chi connectivity index (χ1) is 10.9. The number of aromatic nitrogens is 1. The van der Waals surface area contributed by atoms with E-state index in [1.165, 1.54) is 18.3 Å². The van der Waals surface area contributed by atoms with Crippen molar-refractivity contribution >= 4 is 17.7 Å². The molecule has 1 fully saturated rings. The number of nitrogens with zero attached hydrogens (tertiary/aromatic N) is 2. The number of halogens is 3. The average Bonchev–Trinajstić information content (AvgIpc) is 2.52. The molecule has 0 aliphatic carbocycles. The molecule has 1 amide bonds. The van der Waals surface area contributed by atoms with Crippen molar-refractivity contribution in [1.29, 1.82) is 0 Å². The van der Waals surface area contributed by atoms with Crippen molar-refractivity contribution in [3.05, 3.63) is 23.9 Å². The number of carbonyl (C=O) groups is 1. The number of hydrogen-bond donors (Lipinski definition) is 1. The Morgan fingerprint density at radius 2 is 2.13 bits per heavy atom. The minimum absolute atomic E-state index is 0.0277. The third-order valence-electron chi connectivity index (χ3n) is 3.80. The Kier molecular flexibility index (Phi) is 6.29. The van der Waals surface area contributed by atoms with E-state index in [1.807, 2.05) is 6.92 Å². The summed E-state index contributed by atoms with van der Waals surface area (Å²) in [5.41, 5.74) is -4.43. The highest BCUT2D eigenvalue weighted by molar-refractivity contribution is 8.00. The molecule has 1 aliphatic heterocycles. The highest BCUT2D eigenvalue weighted by Crippen LogP contribution is 2.37. The van der Waals surface area contributed by atoms with Gasteiger partial charge in [-0.2, -0.15) is 13.2 Å². The van der Waals surface area contributed by atoms with Crippen LogP contribution in [0.4, 0.5) is 13.2 Å². The molecule has 1 saturated heterocycles. The summed E-state index contributed by atoms with van der Waals surface area (Å²) >= 11 is -0.337. The Bertz CT molecular complexity index is 531. The third-order valence-corrected chi connectivity index (χ3v) is 4.55. The van der Waals surface area contributed by atoms with E-state index in [1.54, 1.807) is 4.90 Å². The van der Waals surface area contributed by atoms with Crippen LogP contribution in [0.3, 0.4) is 0 Å². The molecule has 2 rings (SSSR count). The molecular formula is C15H20F3N3OS. The molecule has 0 saturated carbocycles. The van der Waals surface area contributed by atoms with Crippen molar-refractivity contribution in [2.75, 3.05) is 26.2 Å². The predicted molar refractivity (Wildman–Crippen MR) is 83.3 cm³/mol. The Morgan fingerprint density at radius 3 is 2.74 bits per heavy atom. The summed E-state index contributed by atoms with van der Waals surface area (Å²) in [4.78, 5) is 17.9. The highest BCUT2D eigenvalue weighted by Gasteiger charge is 2.33. The smallest absolute Gasteiger partial charge is 0.339 e. The summed E-state index contributed by atoms with van der Waals surface area (Å²) in [6.07, 6.45) is 3.00. The van der Waals surface area contributed by atoms with E-state index >= 15 is 0 Å². The molecule has 23 heavy (non-hydrogen) atoms. The second kappa shape index (κ2) is 8.01. The first kappa shape index (κ1) is 18.1. The van der Waals surface area contributed by atoms with Gasteiger partial charge >= 0.3 is 5.51 Å². The van der Waals surface area contributed by atoms with Gasteiger partial charge in [-0.1, -0.05) is 6.92 Å². The zero-order valence-electron chi connectivity index (χ0n) is 12.9. The lowest BCUT2D eigenvalue weighted by atomic mass is 9.96. The van der Waals surface area contributed by atoms with E-state index in [9.17, 15) is 18.0 Å². The molecule has 1 aromatic heterocycles. The highest BCUT2D eigenvalue weighted by atomic mass is 32.2. The monoisotopic (exact) mass is 347 g/mol. The van der Waals surface area contributed by atoms with Crippen LogP contribution in [0.1, 0.15) is 30.1 Å². The fourth-order valence-corrected chi connectivity index (χ4v) is 3.20. The van der Waals surface area contributed by atoms with Crippen LogP contribution in [-0.2, 0) is 0 Å². The van der Waals surface area contributed by atoms with Crippen LogP contribution in [0.25, 0.3) is 0 Å². The number of nitrogens with one attached hydrogen (secondary N) is 1.